The summed E-state index contributed by atoms with van der Waals surface area (Å²) in [5.74, 6) is -4.08. The van der Waals surface area contributed by atoms with Crippen molar-refractivity contribution in [2.45, 2.75) is 18.7 Å². The van der Waals surface area contributed by atoms with Crippen LogP contribution in [0.25, 0.3) is 0 Å². The molecule has 158 valence electrons. The van der Waals surface area contributed by atoms with Gasteiger partial charge in [-0.2, -0.15) is 10.2 Å². The maximum Gasteiger partial charge on any atom is 0.328 e. The van der Waals surface area contributed by atoms with Crippen LogP contribution in [0.2, 0.25) is 0 Å². The molecule has 0 bridgehead atoms. The molecule has 3 aromatic rings. The van der Waals surface area contributed by atoms with Crippen molar-refractivity contribution in [2.75, 3.05) is 0 Å². The monoisotopic (exact) mass is 422 g/mol. The van der Waals surface area contributed by atoms with Crippen LogP contribution in [0, 0.1) is 11.6 Å². The van der Waals surface area contributed by atoms with Crippen molar-refractivity contribution in [3.63, 3.8) is 0 Å². The zero-order valence-corrected chi connectivity index (χ0v) is 15.2. The molecular weight excluding hydrogens is 406 g/mol. The van der Waals surface area contributed by atoms with Gasteiger partial charge in [-0.15, -0.1) is 0 Å². The standard InChI is InChI=1S/C13H12F2N6O.C4H4O4/c14-10-1-2-11(12(15)3-10)13(22,4-20-8-16-6-18-20)5-21-9-17-7-19-21;5-3(6)1-2-4(7)8/h1-3,6-9,22H,4-5H2;1-2H,(H,5,6)(H,7,8). The maximum absolute atomic E-state index is 14.1. The lowest BCUT2D eigenvalue weighted by atomic mass is 9.93. The lowest BCUT2D eigenvalue weighted by Crippen LogP contribution is -2.37. The van der Waals surface area contributed by atoms with Gasteiger partial charge in [0.05, 0.1) is 13.1 Å². The Morgan fingerprint density at radius 2 is 1.47 bits per heavy atom. The number of benzene rings is 1. The third-order valence-corrected chi connectivity index (χ3v) is 3.58. The molecule has 0 saturated carbocycles. The minimum atomic E-state index is -1.70. The normalized spacial score (nSPS) is 11.2. The summed E-state index contributed by atoms with van der Waals surface area (Å²) in [6.45, 7) is -0.148. The van der Waals surface area contributed by atoms with Crippen LogP contribution in [0.1, 0.15) is 5.56 Å². The number of carboxylic acids is 2. The van der Waals surface area contributed by atoms with E-state index in [1.807, 2.05) is 0 Å². The van der Waals surface area contributed by atoms with E-state index in [9.17, 15) is 23.5 Å². The lowest BCUT2D eigenvalue weighted by Gasteiger charge is -2.28. The fourth-order valence-corrected chi connectivity index (χ4v) is 2.39. The molecule has 0 radical (unpaired) electrons. The molecule has 0 aliphatic rings. The van der Waals surface area contributed by atoms with E-state index in [1.165, 1.54) is 40.7 Å². The van der Waals surface area contributed by atoms with E-state index < -0.39 is 29.2 Å². The average Bonchev–Trinajstić information content (AvgIpc) is 3.34. The summed E-state index contributed by atoms with van der Waals surface area (Å²) < 4.78 is 29.9. The molecule has 1 aromatic carbocycles. The highest BCUT2D eigenvalue weighted by molar-refractivity contribution is 5.89. The Bertz CT molecular complexity index is 956. The summed E-state index contributed by atoms with van der Waals surface area (Å²) in [6.07, 6.45) is 6.51. The largest absolute Gasteiger partial charge is 0.478 e. The number of aliphatic hydroxyl groups is 1. The lowest BCUT2D eigenvalue weighted by molar-refractivity contribution is -0.134. The van der Waals surface area contributed by atoms with Gasteiger partial charge in [0, 0.05) is 23.8 Å². The molecule has 0 aliphatic heterocycles. The maximum atomic E-state index is 14.1. The molecular formula is C17H16F2N6O5. The summed E-state index contributed by atoms with van der Waals surface area (Å²) in [7, 11) is 0. The number of rotatable bonds is 7. The van der Waals surface area contributed by atoms with Gasteiger partial charge in [-0.3, -0.25) is 0 Å². The minimum Gasteiger partial charge on any atom is -0.478 e. The Kier molecular flexibility index (Phi) is 7.41. The summed E-state index contributed by atoms with van der Waals surface area (Å²) in [6, 6.07) is 3.02. The van der Waals surface area contributed by atoms with Gasteiger partial charge in [-0.25, -0.2) is 37.7 Å². The van der Waals surface area contributed by atoms with Crippen LogP contribution in [0.5, 0.6) is 0 Å². The molecule has 0 aliphatic carbocycles. The fourth-order valence-electron chi connectivity index (χ4n) is 2.39. The van der Waals surface area contributed by atoms with Gasteiger partial charge in [-0.05, 0) is 6.07 Å². The van der Waals surface area contributed by atoms with Crippen molar-refractivity contribution in [1.29, 1.82) is 0 Å². The number of carboxylic acid groups (broad SMARTS) is 2. The van der Waals surface area contributed by atoms with Crippen molar-refractivity contribution in [1.82, 2.24) is 29.5 Å². The summed E-state index contributed by atoms with van der Waals surface area (Å²) in [4.78, 5) is 26.7. The van der Waals surface area contributed by atoms with Crippen LogP contribution >= 0.6 is 0 Å². The van der Waals surface area contributed by atoms with E-state index in [4.69, 9.17) is 10.2 Å². The van der Waals surface area contributed by atoms with Gasteiger partial charge in [0.2, 0.25) is 0 Å². The third-order valence-electron chi connectivity index (χ3n) is 3.58. The van der Waals surface area contributed by atoms with Crippen LogP contribution in [-0.4, -0.2) is 56.8 Å². The molecule has 0 atom stereocenters. The molecule has 0 spiro atoms. The highest BCUT2D eigenvalue weighted by Crippen LogP contribution is 2.28. The Labute approximate surface area is 167 Å². The van der Waals surface area contributed by atoms with E-state index >= 15 is 0 Å². The number of carbonyl (C=O) groups is 2. The Morgan fingerprint density at radius 3 is 1.83 bits per heavy atom. The molecule has 13 heteroatoms. The third kappa shape index (κ3) is 6.56. The molecule has 2 aromatic heterocycles. The first kappa shape index (κ1) is 22.3. The smallest absolute Gasteiger partial charge is 0.328 e. The van der Waals surface area contributed by atoms with E-state index in [0.717, 1.165) is 12.1 Å². The average molecular weight is 422 g/mol. The van der Waals surface area contributed by atoms with Crippen molar-refractivity contribution >= 4 is 11.9 Å². The number of aromatic nitrogens is 6. The summed E-state index contributed by atoms with van der Waals surface area (Å²) in [5, 5.41) is 34.4. The van der Waals surface area contributed by atoms with E-state index in [0.29, 0.717) is 12.2 Å². The number of nitrogens with zero attached hydrogens (tertiary/aromatic N) is 6. The quantitative estimate of drug-likeness (QED) is 0.460. The zero-order chi connectivity index (χ0) is 22.1. The fraction of sp³-hybridized carbons (Fsp3) is 0.176. The molecule has 30 heavy (non-hydrogen) atoms. The predicted octanol–water partition coefficient (Wildman–Crippen LogP) is 0.448. The molecule has 3 rings (SSSR count). The van der Waals surface area contributed by atoms with Gasteiger partial charge in [0.25, 0.3) is 0 Å². The van der Waals surface area contributed by atoms with Crippen LogP contribution in [-0.2, 0) is 28.3 Å². The second-order valence-electron chi connectivity index (χ2n) is 5.85. The molecule has 11 nitrogen and oxygen atoms in total. The van der Waals surface area contributed by atoms with Crippen molar-refractivity contribution in [3.8, 4) is 0 Å². The zero-order valence-electron chi connectivity index (χ0n) is 15.2. The Hall–Kier alpha value is -4.00. The van der Waals surface area contributed by atoms with E-state index in [-0.39, 0.29) is 18.7 Å². The van der Waals surface area contributed by atoms with Gasteiger partial charge in [0.1, 0.15) is 42.5 Å². The summed E-state index contributed by atoms with van der Waals surface area (Å²) in [5.41, 5.74) is -1.75. The molecule has 3 N–H and O–H groups in total. The number of aliphatic carboxylic acids is 2. The topological polar surface area (TPSA) is 156 Å². The molecule has 0 fully saturated rings. The number of halogens is 2. The first-order valence-electron chi connectivity index (χ1n) is 8.16. The van der Waals surface area contributed by atoms with Crippen LogP contribution in [0.4, 0.5) is 8.78 Å². The van der Waals surface area contributed by atoms with E-state index in [2.05, 4.69) is 20.2 Å². The second kappa shape index (κ2) is 9.97. The highest BCUT2D eigenvalue weighted by Gasteiger charge is 2.34. The van der Waals surface area contributed by atoms with Gasteiger partial charge in [0.15, 0.2) is 0 Å². The van der Waals surface area contributed by atoms with Gasteiger partial charge >= 0.3 is 11.9 Å². The predicted molar refractivity (Wildman–Crippen MR) is 94.7 cm³/mol. The Morgan fingerprint density at radius 1 is 0.967 bits per heavy atom. The Balaban J connectivity index is 0.000000343. The number of hydrogen-bond acceptors (Lipinski definition) is 7. The minimum absolute atomic E-state index is 0.0556. The van der Waals surface area contributed by atoms with Gasteiger partial charge < -0.3 is 15.3 Å². The molecule has 0 amide bonds. The summed E-state index contributed by atoms with van der Waals surface area (Å²) >= 11 is 0. The van der Waals surface area contributed by atoms with Crippen molar-refractivity contribution in [3.05, 3.63) is 72.9 Å². The van der Waals surface area contributed by atoms with Crippen LogP contribution in [0.15, 0.2) is 55.7 Å². The van der Waals surface area contributed by atoms with Crippen LogP contribution < -0.4 is 0 Å². The SMILES string of the molecule is O=C(O)C=CC(=O)O.OC(Cn1cncn1)(Cn1cncn1)c1ccc(F)cc1F. The molecule has 0 unspecified atom stereocenters. The number of hydrogen-bond donors (Lipinski definition) is 3. The van der Waals surface area contributed by atoms with Gasteiger partial charge in [-0.1, -0.05) is 6.07 Å². The molecule has 2 heterocycles. The van der Waals surface area contributed by atoms with Crippen LogP contribution in [0.3, 0.4) is 0 Å². The molecule has 0 saturated heterocycles. The van der Waals surface area contributed by atoms with Crippen molar-refractivity contribution < 1.29 is 33.7 Å². The first-order valence-corrected chi connectivity index (χ1v) is 8.16. The van der Waals surface area contributed by atoms with Crippen molar-refractivity contribution in [2.24, 2.45) is 0 Å². The van der Waals surface area contributed by atoms with E-state index in [1.54, 1.807) is 0 Å². The highest BCUT2D eigenvalue weighted by atomic mass is 19.1. The first-order chi connectivity index (χ1) is 14.2. The second-order valence-corrected chi connectivity index (χ2v) is 5.85.